The summed E-state index contributed by atoms with van der Waals surface area (Å²) in [6.07, 6.45) is 8.10. The zero-order valence-electron chi connectivity index (χ0n) is 22.9. The van der Waals surface area contributed by atoms with Gasteiger partial charge in [-0.25, -0.2) is 4.39 Å². The van der Waals surface area contributed by atoms with Crippen LogP contribution in [0.15, 0.2) is 72.0 Å². The number of carboxylic acid groups (broad SMARTS) is 1. The first-order valence-electron chi connectivity index (χ1n) is 13.4. The van der Waals surface area contributed by atoms with Crippen LogP contribution in [0.5, 0.6) is 5.75 Å². The van der Waals surface area contributed by atoms with Gasteiger partial charge in [0.2, 0.25) is 0 Å². The molecule has 38 heavy (non-hydrogen) atoms. The van der Waals surface area contributed by atoms with Gasteiger partial charge in [-0.05, 0) is 134 Å². The maximum atomic E-state index is 13.7. The number of ether oxygens (including phenoxy) is 2. The summed E-state index contributed by atoms with van der Waals surface area (Å²) in [7, 11) is 0. The van der Waals surface area contributed by atoms with Crippen molar-refractivity contribution in [3.8, 4) is 16.9 Å². The number of alkyl halides is 1. The molecule has 2 atom stereocenters. The lowest BCUT2D eigenvalue weighted by molar-refractivity contribution is -0.122. The van der Waals surface area contributed by atoms with Gasteiger partial charge in [0.25, 0.3) is 6.47 Å². The van der Waals surface area contributed by atoms with Crippen molar-refractivity contribution in [2.24, 2.45) is 17.8 Å². The smallest absolute Gasteiger partial charge is 0.290 e. The minimum absolute atomic E-state index is 0.250. The molecule has 3 aliphatic rings. The van der Waals surface area contributed by atoms with Crippen molar-refractivity contribution in [2.75, 3.05) is 6.61 Å². The summed E-state index contributed by atoms with van der Waals surface area (Å²) < 4.78 is 25.8. The van der Waals surface area contributed by atoms with Gasteiger partial charge >= 0.3 is 0 Å². The predicted molar refractivity (Wildman–Crippen MR) is 150 cm³/mol. The summed E-state index contributed by atoms with van der Waals surface area (Å²) in [5, 5.41) is 6.89. The minimum atomic E-state index is -1.01. The maximum absolute atomic E-state index is 13.7. The van der Waals surface area contributed by atoms with Gasteiger partial charge in [0.1, 0.15) is 23.8 Å². The highest BCUT2D eigenvalue weighted by Crippen LogP contribution is 2.57. The van der Waals surface area contributed by atoms with Crippen LogP contribution in [-0.4, -0.2) is 23.9 Å². The van der Waals surface area contributed by atoms with Gasteiger partial charge in [0.05, 0.1) is 6.61 Å². The van der Waals surface area contributed by atoms with E-state index in [1.165, 1.54) is 39.8 Å². The molecule has 0 amide bonds. The van der Waals surface area contributed by atoms with E-state index in [0.717, 1.165) is 35.3 Å². The molecule has 0 saturated heterocycles. The number of carbonyl (C=O) groups is 1. The quantitative estimate of drug-likeness (QED) is 0.283. The number of hydrogen-bond donors (Lipinski definition) is 1. The van der Waals surface area contributed by atoms with Crippen LogP contribution < -0.4 is 4.74 Å². The molecule has 0 spiro atoms. The van der Waals surface area contributed by atoms with E-state index < -0.39 is 5.67 Å². The Morgan fingerprint density at radius 2 is 1.89 bits per heavy atom. The zero-order chi connectivity index (χ0) is 27.4. The third-order valence-electron chi connectivity index (χ3n) is 7.88. The van der Waals surface area contributed by atoms with E-state index >= 15 is 0 Å². The highest BCUT2D eigenvalue weighted by atomic mass is 19.1. The standard InChI is InChI=1S/C32H37FO2.CH2O2/c1-6-29-26(14-27-15-30(27)29)12-22(4)34-18-23-8-7-9-25(13-23)31-20(2)10-28(11-21(31)3)35-19-24-16-32(5,33)17-24;2-1-3/h6-13,24,27,30H,4,14-19H2,1-3,5H3;1H,(H,2,3)/b26-12-,29-6+;. The lowest BCUT2D eigenvalue weighted by Gasteiger charge is -2.38. The first-order chi connectivity index (χ1) is 18.1. The van der Waals surface area contributed by atoms with E-state index in [4.69, 9.17) is 19.4 Å². The molecule has 1 N–H and O–H groups in total. The third-order valence-corrected chi connectivity index (χ3v) is 7.88. The van der Waals surface area contributed by atoms with Gasteiger partial charge in [-0.2, -0.15) is 0 Å². The van der Waals surface area contributed by atoms with Gasteiger partial charge in [-0.3, -0.25) is 4.79 Å². The Bertz CT molecular complexity index is 1220. The van der Waals surface area contributed by atoms with E-state index in [1.807, 2.05) is 0 Å². The highest BCUT2D eigenvalue weighted by molar-refractivity contribution is 5.72. The van der Waals surface area contributed by atoms with Crippen molar-refractivity contribution in [1.82, 2.24) is 0 Å². The van der Waals surface area contributed by atoms with Crippen LogP contribution >= 0.6 is 0 Å². The summed E-state index contributed by atoms with van der Waals surface area (Å²) in [6.45, 7) is 13.0. The van der Waals surface area contributed by atoms with Crippen LogP contribution in [0.3, 0.4) is 0 Å². The summed E-state index contributed by atoms with van der Waals surface area (Å²) in [6, 6.07) is 12.7. The molecular weight excluding hydrogens is 479 g/mol. The average Bonchev–Trinajstić information content (AvgIpc) is 3.51. The number of allylic oxidation sites excluding steroid dienone is 4. The fourth-order valence-corrected chi connectivity index (χ4v) is 6.20. The van der Waals surface area contributed by atoms with Crippen molar-refractivity contribution in [2.45, 2.75) is 65.7 Å². The summed E-state index contributed by atoms with van der Waals surface area (Å²) in [4.78, 5) is 8.36. The number of fused-ring (bicyclic) bond motifs is 1. The molecule has 3 aliphatic carbocycles. The summed E-state index contributed by atoms with van der Waals surface area (Å²) in [5.41, 5.74) is 7.77. The van der Waals surface area contributed by atoms with Gasteiger partial charge < -0.3 is 14.6 Å². The van der Waals surface area contributed by atoms with Crippen LogP contribution in [0, 0.1) is 31.6 Å². The first kappa shape index (κ1) is 27.7. The van der Waals surface area contributed by atoms with Crippen LogP contribution in [0.2, 0.25) is 0 Å². The van der Waals surface area contributed by atoms with Crippen molar-refractivity contribution in [3.63, 3.8) is 0 Å². The predicted octanol–water partition coefficient (Wildman–Crippen LogP) is 8.13. The molecular formula is C33H39FO4. The van der Waals surface area contributed by atoms with E-state index in [2.05, 4.69) is 75.9 Å². The van der Waals surface area contributed by atoms with Gasteiger partial charge in [-0.1, -0.05) is 30.9 Å². The average molecular weight is 519 g/mol. The molecule has 4 nitrogen and oxygen atoms in total. The molecule has 202 valence electrons. The van der Waals surface area contributed by atoms with Gasteiger partial charge in [0.15, 0.2) is 0 Å². The molecule has 3 saturated carbocycles. The SMILES string of the molecule is C=C(/C=C1/CC2CC2/C1=C/C)OCc1cccc(-c2c(C)cc(OCC3CC(C)(F)C3)cc2C)c1.O=CO. The molecule has 0 heterocycles. The second-order valence-corrected chi connectivity index (χ2v) is 11.2. The molecule has 2 aromatic rings. The molecule has 0 radical (unpaired) electrons. The zero-order valence-corrected chi connectivity index (χ0v) is 22.9. The number of aryl methyl sites for hydroxylation is 2. The Balaban J connectivity index is 0.00000107. The Hall–Kier alpha value is -3.34. The summed E-state index contributed by atoms with van der Waals surface area (Å²) in [5.74, 6) is 3.55. The molecule has 2 aromatic carbocycles. The van der Waals surface area contributed by atoms with Crippen molar-refractivity contribution < 1.29 is 23.8 Å². The fourth-order valence-electron chi connectivity index (χ4n) is 6.20. The van der Waals surface area contributed by atoms with Crippen molar-refractivity contribution in [1.29, 1.82) is 0 Å². The third kappa shape index (κ3) is 6.56. The molecule has 0 aromatic heterocycles. The number of hydrogen-bond acceptors (Lipinski definition) is 3. The fraction of sp³-hybridized carbons (Fsp3) is 0.424. The lowest BCUT2D eigenvalue weighted by Crippen LogP contribution is -2.39. The molecule has 0 aliphatic heterocycles. The van der Waals surface area contributed by atoms with Crippen LogP contribution in [0.1, 0.15) is 56.2 Å². The van der Waals surface area contributed by atoms with E-state index in [1.54, 1.807) is 6.92 Å². The van der Waals surface area contributed by atoms with Crippen LogP contribution in [0.4, 0.5) is 4.39 Å². The number of halogens is 1. The molecule has 3 fully saturated rings. The normalized spacial score (nSPS) is 27.1. The largest absolute Gasteiger partial charge is 0.493 e. The Kier molecular flexibility index (Phi) is 8.44. The molecule has 5 rings (SSSR count). The molecule has 2 unspecified atom stereocenters. The topological polar surface area (TPSA) is 55.8 Å². The summed E-state index contributed by atoms with van der Waals surface area (Å²) >= 11 is 0. The Labute approximate surface area is 225 Å². The van der Waals surface area contributed by atoms with Gasteiger partial charge in [0, 0.05) is 0 Å². The Morgan fingerprint density at radius 3 is 2.53 bits per heavy atom. The molecule has 5 heteroatoms. The van der Waals surface area contributed by atoms with E-state index in [-0.39, 0.29) is 6.47 Å². The number of rotatable bonds is 8. The van der Waals surface area contributed by atoms with Crippen LogP contribution in [-0.2, 0) is 16.1 Å². The minimum Gasteiger partial charge on any atom is -0.493 e. The second-order valence-electron chi connectivity index (χ2n) is 11.2. The maximum Gasteiger partial charge on any atom is 0.290 e. The highest BCUT2D eigenvalue weighted by Gasteiger charge is 2.46. The first-order valence-corrected chi connectivity index (χ1v) is 13.4. The van der Waals surface area contributed by atoms with E-state index in [0.29, 0.717) is 32.0 Å². The second kappa shape index (κ2) is 11.6. The van der Waals surface area contributed by atoms with Crippen molar-refractivity contribution >= 4 is 6.47 Å². The van der Waals surface area contributed by atoms with Crippen LogP contribution in [0.25, 0.3) is 11.1 Å². The number of benzene rings is 2. The van der Waals surface area contributed by atoms with Crippen molar-refractivity contribution in [3.05, 3.63) is 88.7 Å². The molecule has 0 bridgehead atoms. The monoisotopic (exact) mass is 518 g/mol. The Morgan fingerprint density at radius 1 is 1.21 bits per heavy atom. The van der Waals surface area contributed by atoms with E-state index in [9.17, 15) is 4.39 Å². The van der Waals surface area contributed by atoms with Gasteiger partial charge in [-0.15, -0.1) is 0 Å². The lowest BCUT2D eigenvalue weighted by atomic mass is 9.74.